The number of anilines is 1. The van der Waals surface area contributed by atoms with Crippen molar-refractivity contribution < 1.29 is 18.1 Å². The van der Waals surface area contributed by atoms with E-state index in [1.54, 1.807) is 12.1 Å². The second-order valence-corrected chi connectivity index (χ2v) is 7.49. The van der Waals surface area contributed by atoms with Crippen LogP contribution in [0.4, 0.5) is 18.9 Å². The molecule has 0 aliphatic carbocycles. The van der Waals surface area contributed by atoms with E-state index in [4.69, 9.17) is 0 Å². The molecule has 1 aromatic carbocycles. The van der Waals surface area contributed by atoms with Crippen molar-refractivity contribution in [3.63, 3.8) is 0 Å². The first kappa shape index (κ1) is 18.7. The van der Waals surface area contributed by atoms with Crippen molar-refractivity contribution in [2.45, 2.75) is 12.8 Å². The van der Waals surface area contributed by atoms with Gasteiger partial charge in [0, 0.05) is 5.69 Å². The van der Waals surface area contributed by atoms with Crippen molar-refractivity contribution >= 4 is 17.0 Å². The summed E-state index contributed by atoms with van der Waals surface area (Å²) in [6, 6.07) is 9.02. The molecule has 0 bridgehead atoms. The molecule has 0 atom stereocenters. The van der Waals surface area contributed by atoms with Crippen molar-refractivity contribution in [1.82, 2.24) is 19.8 Å². The fourth-order valence-electron chi connectivity index (χ4n) is 3.23. The molecule has 0 radical (unpaired) electrons. The molecule has 1 fully saturated rings. The van der Waals surface area contributed by atoms with Gasteiger partial charge in [-0.15, -0.1) is 20.7 Å². The molecule has 1 N–H and O–H groups in total. The van der Waals surface area contributed by atoms with E-state index in [0.717, 1.165) is 11.0 Å². The van der Waals surface area contributed by atoms with Gasteiger partial charge in [0.15, 0.2) is 6.67 Å². The van der Waals surface area contributed by atoms with Crippen LogP contribution in [0.1, 0.15) is 5.56 Å². The Labute approximate surface area is 162 Å². The third-order valence-corrected chi connectivity index (χ3v) is 5.58. The van der Waals surface area contributed by atoms with Crippen molar-refractivity contribution in [1.29, 1.82) is 0 Å². The lowest BCUT2D eigenvalue weighted by molar-refractivity contribution is -0.924. The van der Waals surface area contributed by atoms with Gasteiger partial charge < -0.3 is 9.80 Å². The molecule has 0 amide bonds. The number of aromatic nitrogens is 4. The molecule has 0 spiro atoms. The summed E-state index contributed by atoms with van der Waals surface area (Å²) in [6.07, 6.45) is -4.35. The SMILES string of the molecule is O=c1n(C[NH+]2CCN(c3cccc(C(F)(F)F)c3)CC2)nnn1-c1cccs1. The molecule has 11 heteroatoms. The molecule has 3 heterocycles. The first-order valence-electron chi connectivity index (χ1n) is 8.74. The van der Waals surface area contributed by atoms with E-state index < -0.39 is 11.7 Å². The molecule has 1 aliphatic heterocycles. The maximum atomic E-state index is 12.9. The highest BCUT2D eigenvalue weighted by Crippen LogP contribution is 2.31. The Kier molecular flexibility index (Phi) is 4.94. The van der Waals surface area contributed by atoms with Gasteiger partial charge in [-0.3, -0.25) is 0 Å². The number of rotatable bonds is 4. The smallest absolute Gasteiger partial charge is 0.360 e. The molecule has 28 heavy (non-hydrogen) atoms. The van der Waals surface area contributed by atoms with Gasteiger partial charge in [0.05, 0.1) is 31.7 Å². The van der Waals surface area contributed by atoms with E-state index in [9.17, 15) is 18.0 Å². The van der Waals surface area contributed by atoms with Crippen molar-refractivity contribution in [3.8, 4) is 5.00 Å². The van der Waals surface area contributed by atoms with Crippen LogP contribution >= 0.6 is 11.3 Å². The fourth-order valence-corrected chi connectivity index (χ4v) is 3.90. The molecule has 0 saturated carbocycles. The van der Waals surface area contributed by atoms with Crippen LogP contribution in [0.3, 0.4) is 0 Å². The standard InChI is InChI=1S/C17H17F3N6OS/c18-17(19,20)13-3-1-4-14(11-13)24-8-6-23(7-9-24)12-25-16(27)26(22-21-25)15-5-2-10-28-15/h1-5,10-11H,6-9,12H2/p+1. The average Bonchev–Trinajstić information content (AvgIpc) is 3.32. The number of nitrogens with zero attached hydrogens (tertiary/aromatic N) is 5. The van der Waals surface area contributed by atoms with E-state index in [-0.39, 0.29) is 5.69 Å². The van der Waals surface area contributed by atoms with Crippen molar-refractivity contribution in [2.24, 2.45) is 0 Å². The number of hydrogen-bond acceptors (Lipinski definition) is 5. The van der Waals surface area contributed by atoms with Crippen LogP contribution in [0.2, 0.25) is 0 Å². The number of thiophene rings is 1. The predicted molar refractivity (Wildman–Crippen MR) is 97.8 cm³/mol. The summed E-state index contributed by atoms with van der Waals surface area (Å²) in [7, 11) is 0. The zero-order valence-electron chi connectivity index (χ0n) is 14.8. The molecule has 0 unspecified atom stereocenters. The van der Waals surface area contributed by atoms with Crippen LogP contribution in [0.25, 0.3) is 5.00 Å². The quantitative estimate of drug-likeness (QED) is 0.692. The lowest BCUT2D eigenvalue weighted by Gasteiger charge is -2.33. The first-order valence-corrected chi connectivity index (χ1v) is 9.62. The van der Waals surface area contributed by atoms with E-state index in [1.807, 2.05) is 16.3 Å². The summed E-state index contributed by atoms with van der Waals surface area (Å²) in [5.41, 5.74) is -0.374. The van der Waals surface area contributed by atoms with Crippen LogP contribution in [-0.2, 0) is 12.8 Å². The Morgan fingerprint density at radius 3 is 2.57 bits per heavy atom. The number of hydrogen-bond donors (Lipinski definition) is 1. The van der Waals surface area contributed by atoms with Crippen molar-refractivity contribution in [3.05, 3.63) is 57.8 Å². The van der Waals surface area contributed by atoms with Gasteiger partial charge in [0.1, 0.15) is 5.00 Å². The second-order valence-electron chi connectivity index (χ2n) is 6.57. The van der Waals surface area contributed by atoms with Gasteiger partial charge in [-0.2, -0.15) is 13.2 Å². The number of nitrogens with one attached hydrogen (secondary N) is 1. The van der Waals surface area contributed by atoms with Gasteiger partial charge in [-0.25, -0.2) is 4.79 Å². The normalized spacial score (nSPS) is 15.9. The average molecular weight is 411 g/mol. The summed E-state index contributed by atoms with van der Waals surface area (Å²) in [5, 5.41) is 10.4. The highest BCUT2D eigenvalue weighted by molar-refractivity contribution is 7.12. The first-order chi connectivity index (χ1) is 13.4. The number of benzene rings is 1. The molecule has 148 valence electrons. The van der Waals surface area contributed by atoms with Crippen LogP contribution in [0.5, 0.6) is 0 Å². The van der Waals surface area contributed by atoms with Crippen molar-refractivity contribution in [2.75, 3.05) is 31.1 Å². The van der Waals surface area contributed by atoms with Crippen LogP contribution in [0, 0.1) is 0 Å². The lowest BCUT2D eigenvalue weighted by Crippen LogP contribution is -3.14. The van der Waals surface area contributed by atoms with Crippen LogP contribution in [-0.4, -0.2) is 46.0 Å². The van der Waals surface area contributed by atoms with Crippen LogP contribution < -0.4 is 15.5 Å². The minimum atomic E-state index is -4.35. The predicted octanol–water partition coefficient (Wildman–Crippen LogP) is 0.872. The van der Waals surface area contributed by atoms with Crippen LogP contribution in [0.15, 0.2) is 46.6 Å². The highest BCUT2D eigenvalue weighted by Gasteiger charge is 2.31. The third-order valence-electron chi connectivity index (χ3n) is 4.74. The van der Waals surface area contributed by atoms with Gasteiger partial charge in [0.25, 0.3) is 0 Å². The highest BCUT2D eigenvalue weighted by atomic mass is 32.1. The van der Waals surface area contributed by atoms with Gasteiger partial charge in [-0.1, -0.05) is 6.07 Å². The maximum Gasteiger partial charge on any atom is 0.416 e. The number of piperazine rings is 1. The Morgan fingerprint density at radius 2 is 1.89 bits per heavy atom. The molecular weight excluding hydrogens is 393 g/mol. The Balaban J connectivity index is 1.40. The summed E-state index contributed by atoms with van der Waals surface area (Å²) in [5.74, 6) is 0. The fraction of sp³-hybridized carbons (Fsp3) is 0.353. The lowest BCUT2D eigenvalue weighted by atomic mass is 10.1. The summed E-state index contributed by atoms with van der Waals surface area (Å²) in [6.45, 7) is 2.96. The topological polar surface area (TPSA) is 60.4 Å². The number of tetrazole rings is 1. The maximum absolute atomic E-state index is 12.9. The zero-order chi connectivity index (χ0) is 19.7. The number of quaternary nitrogens is 1. The Morgan fingerprint density at radius 1 is 1.11 bits per heavy atom. The van der Waals surface area contributed by atoms with Gasteiger partial charge in [-0.05, 0) is 46.1 Å². The second kappa shape index (κ2) is 7.40. The minimum absolute atomic E-state index is 0.296. The minimum Gasteiger partial charge on any atom is -0.360 e. The molecular formula is C17H18F3N6OS+. The molecule has 1 saturated heterocycles. The Hall–Kier alpha value is -2.66. The number of halogens is 3. The molecule has 7 nitrogen and oxygen atoms in total. The third kappa shape index (κ3) is 3.80. The van der Waals surface area contributed by atoms with E-state index >= 15 is 0 Å². The largest absolute Gasteiger partial charge is 0.416 e. The molecule has 2 aromatic heterocycles. The van der Waals surface area contributed by atoms with E-state index in [1.165, 1.54) is 32.8 Å². The molecule has 3 aromatic rings. The zero-order valence-corrected chi connectivity index (χ0v) is 15.6. The summed E-state index contributed by atoms with van der Waals surface area (Å²) < 4.78 is 41.3. The summed E-state index contributed by atoms with van der Waals surface area (Å²) in [4.78, 5) is 15.5. The van der Waals surface area contributed by atoms with E-state index in [2.05, 4.69) is 10.4 Å². The van der Waals surface area contributed by atoms with Gasteiger partial charge >= 0.3 is 11.9 Å². The monoisotopic (exact) mass is 411 g/mol. The van der Waals surface area contributed by atoms with E-state index in [0.29, 0.717) is 43.5 Å². The Bertz CT molecular complexity index is 989. The molecule has 1 aliphatic rings. The number of alkyl halides is 3. The van der Waals surface area contributed by atoms with Gasteiger partial charge in [0.2, 0.25) is 0 Å². The molecule has 4 rings (SSSR count). The summed E-state index contributed by atoms with van der Waals surface area (Å²) >= 11 is 1.40.